The van der Waals surface area contributed by atoms with E-state index in [4.69, 9.17) is 5.11 Å². The van der Waals surface area contributed by atoms with Crippen LogP contribution in [0.4, 0.5) is 4.79 Å². The number of piperidine rings is 1. The van der Waals surface area contributed by atoms with E-state index in [1.54, 1.807) is 0 Å². The number of aromatic nitrogens is 3. The quantitative estimate of drug-likeness (QED) is 0.804. The van der Waals surface area contributed by atoms with Crippen LogP contribution in [0.2, 0.25) is 0 Å². The van der Waals surface area contributed by atoms with E-state index in [9.17, 15) is 4.79 Å². The molecule has 2 N–H and O–H groups in total. The van der Waals surface area contributed by atoms with E-state index in [-0.39, 0.29) is 5.92 Å². The molecule has 1 amide bonds. The number of hydrogen-bond acceptors (Lipinski definition) is 3. The van der Waals surface area contributed by atoms with Gasteiger partial charge in [-0.05, 0) is 18.9 Å². The van der Waals surface area contributed by atoms with Crippen LogP contribution < -0.4 is 0 Å². The van der Waals surface area contributed by atoms with Crippen molar-refractivity contribution in [3.05, 3.63) is 24.3 Å². The molecular formula is C12H14N4O2. The Labute approximate surface area is 104 Å². The Morgan fingerprint density at radius 3 is 3.22 bits per heavy atom. The lowest BCUT2D eigenvalue weighted by Gasteiger charge is -2.30. The van der Waals surface area contributed by atoms with Crippen molar-refractivity contribution in [3.8, 4) is 0 Å². The van der Waals surface area contributed by atoms with Crippen LogP contribution in [0.3, 0.4) is 0 Å². The number of aromatic amines is 1. The normalized spacial score (nSPS) is 20.2. The summed E-state index contributed by atoms with van der Waals surface area (Å²) in [5.74, 6) is 0.163. The van der Waals surface area contributed by atoms with E-state index in [0.717, 1.165) is 29.6 Å². The first-order valence-electron chi connectivity index (χ1n) is 6.01. The van der Waals surface area contributed by atoms with Crippen LogP contribution in [-0.2, 0) is 0 Å². The predicted octanol–water partition coefficient (Wildman–Crippen LogP) is 1.82. The standard InChI is InChI=1S/C12H14N4O2/c17-12(18)16-5-1-2-8(6-16)10-9-3-4-13-11(9)15-7-14-10/h3-4,7-8H,1-2,5-6H2,(H,17,18)(H,13,14,15). The molecule has 0 saturated carbocycles. The molecule has 2 aromatic rings. The summed E-state index contributed by atoms with van der Waals surface area (Å²) in [5.41, 5.74) is 1.76. The summed E-state index contributed by atoms with van der Waals surface area (Å²) in [5, 5.41) is 10.1. The minimum Gasteiger partial charge on any atom is -0.465 e. The highest BCUT2D eigenvalue weighted by molar-refractivity contribution is 5.78. The molecule has 0 radical (unpaired) electrons. The molecule has 6 nitrogen and oxygen atoms in total. The number of amides is 1. The molecule has 1 saturated heterocycles. The number of carbonyl (C=O) groups is 1. The Morgan fingerprint density at radius 1 is 1.50 bits per heavy atom. The zero-order chi connectivity index (χ0) is 12.5. The summed E-state index contributed by atoms with van der Waals surface area (Å²) in [4.78, 5) is 24.1. The van der Waals surface area contributed by atoms with Crippen molar-refractivity contribution in [1.29, 1.82) is 0 Å². The highest BCUT2D eigenvalue weighted by Crippen LogP contribution is 2.29. The minimum absolute atomic E-state index is 0.163. The molecule has 3 rings (SSSR count). The van der Waals surface area contributed by atoms with Crippen LogP contribution in [0.15, 0.2) is 18.6 Å². The Bertz CT molecular complexity index is 580. The average Bonchev–Trinajstić information content (AvgIpc) is 2.87. The van der Waals surface area contributed by atoms with E-state index in [1.807, 2.05) is 12.3 Å². The number of nitrogens with one attached hydrogen (secondary N) is 1. The lowest BCUT2D eigenvalue weighted by molar-refractivity contribution is 0.130. The molecule has 2 aromatic heterocycles. The van der Waals surface area contributed by atoms with Gasteiger partial charge in [0.2, 0.25) is 0 Å². The number of H-pyrrole nitrogens is 1. The van der Waals surface area contributed by atoms with Gasteiger partial charge in [0.05, 0.1) is 5.69 Å². The van der Waals surface area contributed by atoms with E-state index in [0.29, 0.717) is 13.1 Å². The molecule has 0 bridgehead atoms. The largest absolute Gasteiger partial charge is 0.465 e. The fraction of sp³-hybridized carbons (Fsp3) is 0.417. The van der Waals surface area contributed by atoms with Gasteiger partial charge in [-0.3, -0.25) is 0 Å². The van der Waals surface area contributed by atoms with Gasteiger partial charge in [-0.25, -0.2) is 14.8 Å². The SMILES string of the molecule is O=C(O)N1CCCC(c2ncnc3[nH]ccc23)C1. The number of likely N-dealkylation sites (tertiary alicyclic amines) is 1. The van der Waals surface area contributed by atoms with Gasteiger partial charge in [0.25, 0.3) is 0 Å². The van der Waals surface area contributed by atoms with Crippen molar-refractivity contribution < 1.29 is 9.90 Å². The van der Waals surface area contributed by atoms with Crippen LogP contribution in [-0.4, -0.2) is 44.1 Å². The number of hydrogen-bond donors (Lipinski definition) is 2. The lowest BCUT2D eigenvalue weighted by Crippen LogP contribution is -2.38. The topological polar surface area (TPSA) is 82.1 Å². The second-order valence-electron chi connectivity index (χ2n) is 4.57. The fourth-order valence-electron chi connectivity index (χ4n) is 2.59. The molecule has 1 fully saturated rings. The maximum Gasteiger partial charge on any atom is 0.407 e. The summed E-state index contributed by atoms with van der Waals surface area (Å²) in [7, 11) is 0. The van der Waals surface area contributed by atoms with Crippen LogP contribution in [0.25, 0.3) is 11.0 Å². The van der Waals surface area contributed by atoms with E-state index in [1.165, 1.54) is 11.2 Å². The number of rotatable bonds is 1. The van der Waals surface area contributed by atoms with Crippen LogP contribution in [0.1, 0.15) is 24.5 Å². The maximum atomic E-state index is 11.0. The average molecular weight is 246 g/mol. The third-order valence-electron chi connectivity index (χ3n) is 3.46. The molecule has 1 aliphatic heterocycles. The molecule has 6 heteroatoms. The van der Waals surface area contributed by atoms with E-state index < -0.39 is 6.09 Å². The van der Waals surface area contributed by atoms with Crippen molar-refractivity contribution in [1.82, 2.24) is 19.9 Å². The third kappa shape index (κ3) is 1.79. The van der Waals surface area contributed by atoms with E-state index >= 15 is 0 Å². The van der Waals surface area contributed by atoms with Crippen LogP contribution >= 0.6 is 0 Å². The first-order chi connectivity index (χ1) is 8.75. The minimum atomic E-state index is -0.848. The molecule has 1 unspecified atom stereocenters. The Morgan fingerprint density at radius 2 is 2.39 bits per heavy atom. The monoisotopic (exact) mass is 246 g/mol. The summed E-state index contributed by atoms with van der Waals surface area (Å²) >= 11 is 0. The lowest BCUT2D eigenvalue weighted by atomic mass is 9.93. The second-order valence-corrected chi connectivity index (χ2v) is 4.57. The first-order valence-corrected chi connectivity index (χ1v) is 6.01. The van der Waals surface area contributed by atoms with Gasteiger partial charge in [0.1, 0.15) is 12.0 Å². The molecule has 1 aliphatic rings. The van der Waals surface area contributed by atoms with Crippen LogP contribution in [0, 0.1) is 0 Å². The predicted molar refractivity (Wildman–Crippen MR) is 65.5 cm³/mol. The van der Waals surface area contributed by atoms with Gasteiger partial charge < -0.3 is 15.0 Å². The third-order valence-corrected chi connectivity index (χ3v) is 3.46. The maximum absolute atomic E-state index is 11.0. The summed E-state index contributed by atoms with van der Waals surface area (Å²) < 4.78 is 0. The van der Waals surface area contributed by atoms with Crippen molar-refractivity contribution in [2.24, 2.45) is 0 Å². The highest BCUT2D eigenvalue weighted by atomic mass is 16.4. The Hall–Kier alpha value is -2.11. The summed E-state index contributed by atoms with van der Waals surface area (Å²) in [6.07, 6.45) is 4.38. The van der Waals surface area contributed by atoms with Gasteiger partial charge in [-0.1, -0.05) is 0 Å². The zero-order valence-electron chi connectivity index (χ0n) is 9.83. The van der Waals surface area contributed by atoms with Crippen molar-refractivity contribution in [2.75, 3.05) is 13.1 Å². The fourth-order valence-corrected chi connectivity index (χ4v) is 2.59. The molecule has 3 heterocycles. The molecule has 0 aromatic carbocycles. The molecule has 0 spiro atoms. The summed E-state index contributed by atoms with van der Waals surface area (Å²) in [6.45, 7) is 1.14. The van der Waals surface area contributed by atoms with Crippen molar-refractivity contribution in [2.45, 2.75) is 18.8 Å². The smallest absolute Gasteiger partial charge is 0.407 e. The Balaban J connectivity index is 1.94. The number of fused-ring (bicyclic) bond motifs is 1. The van der Waals surface area contributed by atoms with Gasteiger partial charge in [0, 0.05) is 30.6 Å². The molecule has 18 heavy (non-hydrogen) atoms. The molecule has 94 valence electrons. The second kappa shape index (κ2) is 4.29. The highest BCUT2D eigenvalue weighted by Gasteiger charge is 2.26. The molecule has 0 aliphatic carbocycles. The molecule has 1 atom stereocenters. The van der Waals surface area contributed by atoms with Crippen molar-refractivity contribution >= 4 is 17.1 Å². The zero-order valence-corrected chi connectivity index (χ0v) is 9.83. The summed E-state index contributed by atoms with van der Waals surface area (Å²) in [6, 6.07) is 1.95. The molecular weight excluding hydrogens is 232 g/mol. The van der Waals surface area contributed by atoms with Gasteiger partial charge >= 0.3 is 6.09 Å². The van der Waals surface area contributed by atoms with Gasteiger partial charge in [0.15, 0.2) is 0 Å². The number of nitrogens with zero attached hydrogens (tertiary/aromatic N) is 3. The Kier molecular flexibility index (Phi) is 2.62. The van der Waals surface area contributed by atoms with Crippen LogP contribution in [0.5, 0.6) is 0 Å². The van der Waals surface area contributed by atoms with Gasteiger partial charge in [-0.15, -0.1) is 0 Å². The van der Waals surface area contributed by atoms with Gasteiger partial charge in [-0.2, -0.15) is 0 Å². The number of carboxylic acid groups (broad SMARTS) is 1. The first kappa shape index (κ1) is 11.0. The van der Waals surface area contributed by atoms with E-state index in [2.05, 4.69) is 15.0 Å². The van der Waals surface area contributed by atoms with Crippen molar-refractivity contribution in [3.63, 3.8) is 0 Å².